The zero-order valence-electron chi connectivity index (χ0n) is 20.3. The Morgan fingerprint density at radius 2 is 1.61 bits per heavy atom. The van der Waals surface area contributed by atoms with Crippen LogP contribution in [0, 0.1) is 0 Å². The predicted octanol–water partition coefficient (Wildman–Crippen LogP) is 4.37. The molecule has 2 atom stereocenters. The molecular weight excluding hydrogens is 478 g/mol. The smallest absolute Gasteiger partial charge is 0.308 e. The largest absolute Gasteiger partial charge is 0.466 e. The Labute approximate surface area is 211 Å². The highest BCUT2D eigenvalue weighted by Crippen LogP contribution is 2.26. The predicted molar refractivity (Wildman–Crippen MR) is 140 cm³/mol. The summed E-state index contributed by atoms with van der Waals surface area (Å²) < 4.78 is 33.3. The number of ether oxygens (including phenoxy) is 1. The molecule has 0 aliphatic carbocycles. The van der Waals surface area contributed by atoms with Crippen molar-refractivity contribution < 1.29 is 22.7 Å². The molecule has 0 radical (unpaired) electrons. The molecule has 3 aromatic rings. The van der Waals surface area contributed by atoms with E-state index in [9.17, 15) is 18.0 Å². The fourth-order valence-electron chi connectivity index (χ4n) is 3.88. The van der Waals surface area contributed by atoms with E-state index in [2.05, 4.69) is 10.0 Å². The van der Waals surface area contributed by atoms with E-state index in [-0.39, 0.29) is 29.5 Å². The Morgan fingerprint density at radius 1 is 0.917 bits per heavy atom. The summed E-state index contributed by atoms with van der Waals surface area (Å²) in [6, 6.07) is 21.2. The van der Waals surface area contributed by atoms with Gasteiger partial charge in [-0.05, 0) is 54.8 Å². The van der Waals surface area contributed by atoms with Gasteiger partial charge in [0.1, 0.15) is 0 Å². The topological polar surface area (TPSA) is 128 Å². The fraction of sp³-hybridized carbons (Fsp3) is 0.259. The SMILES string of the molecule is CCOC(=O)CC(NC(=O)C(CC)c1ccccc1)c1cccc(NS(=O)(=O)c2cccc(N)c2)c1. The standard InChI is InChI=1S/C27H31N3O5S/c1-3-24(19-10-6-5-7-11-19)27(32)29-25(18-26(31)35-4-2)20-12-8-14-22(16-20)30-36(33,34)23-15-9-13-21(28)17-23/h5-17,24-25,30H,3-4,18,28H2,1-2H3,(H,29,32). The number of amides is 1. The van der Waals surface area contributed by atoms with Gasteiger partial charge in [0.15, 0.2) is 0 Å². The van der Waals surface area contributed by atoms with Crippen LogP contribution in [-0.4, -0.2) is 26.9 Å². The van der Waals surface area contributed by atoms with Gasteiger partial charge in [-0.25, -0.2) is 8.42 Å². The number of hydrogen-bond donors (Lipinski definition) is 3. The van der Waals surface area contributed by atoms with E-state index < -0.39 is 28.0 Å². The third-order valence-corrected chi connectivity index (χ3v) is 7.01. The van der Waals surface area contributed by atoms with Gasteiger partial charge in [0.2, 0.25) is 5.91 Å². The highest BCUT2D eigenvalue weighted by atomic mass is 32.2. The maximum atomic E-state index is 13.2. The van der Waals surface area contributed by atoms with Gasteiger partial charge >= 0.3 is 5.97 Å². The molecule has 36 heavy (non-hydrogen) atoms. The summed E-state index contributed by atoms with van der Waals surface area (Å²) in [4.78, 5) is 25.6. The van der Waals surface area contributed by atoms with Gasteiger partial charge in [0.05, 0.1) is 29.9 Å². The molecule has 4 N–H and O–H groups in total. The van der Waals surface area contributed by atoms with Gasteiger partial charge in [-0.3, -0.25) is 14.3 Å². The number of sulfonamides is 1. The average Bonchev–Trinajstić information content (AvgIpc) is 2.85. The molecule has 9 heteroatoms. The zero-order valence-corrected chi connectivity index (χ0v) is 21.1. The molecule has 0 aliphatic rings. The van der Waals surface area contributed by atoms with Crippen molar-refractivity contribution in [3.8, 4) is 0 Å². The number of rotatable bonds is 11. The summed E-state index contributed by atoms with van der Waals surface area (Å²) in [7, 11) is -3.90. The Morgan fingerprint density at radius 3 is 2.28 bits per heavy atom. The first-order valence-electron chi connectivity index (χ1n) is 11.7. The molecule has 0 heterocycles. The molecule has 0 bridgehead atoms. The second-order valence-corrected chi connectivity index (χ2v) is 9.93. The van der Waals surface area contributed by atoms with E-state index in [4.69, 9.17) is 10.5 Å². The van der Waals surface area contributed by atoms with Crippen molar-refractivity contribution in [2.75, 3.05) is 17.1 Å². The molecule has 0 spiro atoms. The van der Waals surface area contributed by atoms with Crippen LogP contribution >= 0.6 is 0 Å². The van der Waals surface area contributed by atoms with E-state index in [1.165, 1.54) is 12.1 Å². The van der Waals surface area contributed by atoms with Crippen molar-refractivity contribution >= 4 is 33.3 Å². The first-order valence-corrected chi connectivity index (χ1v) is 13.2. The summed E-state index contributed by atoms with van der Waals surface area (Å²) in [6.07, 6.45) is 0.470. The Balaban J connectivity index is 1.87. The molecule has 2 unspecified atom stereocenters. The molecule has 0 aromatic heterocycles. The van der Waals surface area contributed by atoms with Crippen molar-refractivity contribution in [3.63, 3.8) is 0 Å². The van der Waals surface area contributed by atoms with Gasteiger partial charge in [-0.2, -0.15) is 0 Å². The minimum absolute atomic E-state index is 0.0259. The first kappa shape index (κ1) is 26.7. The van der Waals surface area contributed by atoms with Crippen molar-refractivity contribution in [1.29, 1.82) is 0 Å². The number of hydrogen-bond acceptors (Lipinski definition) is 6. The van der Waals surface area contributed by atoms with Crippen LogP contribution in [0.4, 0.5) is 11.4 Å². The number of carbonyl (C=O) groups excluding carboxylic acids is 2. The van der Waals surface area contributed by atoms with Crippen LogP contribution in [0.1, 0.15) is 49.8 Å². The lowest BCUT2D eigenvalue weighted by molar-refractivity contribution is -0.143. The number of nitrogens with one attached hydrogen (secondary N) is 2. The number of carbonyl (C=O) groups is 2. The van der Waals surface area contributed by atoms with E-state index in [0.29, 0.717) is 17.7 Å². The van der Waals surface area contributed by atoms with Crippen LogP contribution in [0.2, 0.25) is 0 Å². The lowest BCUT2D eigenvalue weighted by atomic mass is 9.94. The number of anilines is 2. The molecule has 0 fully saturated rings. The molecule has 3 rings (SSSR count). The molecule has 0 saturated heterocycles. The normalized spacial score (nSPS) is 12.8. The van der Waals surface area contributed by atoms with Crippen LogP contribution in [0.3, 0.4) is 0 Å². The zero-order chi connectivity index (χ0) is 26.1. The van der Waals surface area contributed by atoms with Crippen molar-refractivity contribution in [1.82, 2.24) is 5.32 Å². The lowest BCUT2D eigenvalue weighted by Crippen LogP contribution is -2.34. The monoisotopic (exact) mass is 509 g/mol. The number of nitrogen functional groups attached to an aromatic ring is 1. The van der Waals surface area contributed by atoms with Crippen molar-refractivity contribution in [3.05, 3.63) is 90.0 Å². The third-order valence-electron chi connectivity index (χ3n) is 5.63. The third kappa shape index (κ3) is 7.08. The maximum absolute atomic E-state index is 13.2. The quantitative estimate of drug-likeness (QED) is 0.260. The van der Waals surface area contributed by atoms with Crippen LogP contribution in [0.5, 0.6) is 0 Å². The average molecular weight is 510 g/mol. The molecular formula is C27H31N3O5S. The lowest BCUT2D eigenvalue weighted by Gasteiger charge is -2.23. The minimum Gasteiger partial charge on any atom is -0.466 e. The highest BCUT2D eigenvalue weighted by Gasteiger charge is 2.25. The Kier molecular flexibility index (Phi) is 9.08. The van der Waals surface area contributed by atoms with Gasteiger partial charge in [-0.15, -0.1) is 0 Å². The number of esters is 1. The van der Waals surface area contributed by atoms with E-state index >= 15 is 0 Å². The van der Waals surface area contributed by atoms with Gasteiger partial charge in [-0.1, -0.05) is 55.5 Å². The van der Waals surface area contributed by atoms with Gasteiger partial charge < -0.3 is 15.8 Å². The van der Waals surface area contributed by atoms with Crippen LogP contribution in [0.25, 0.3) is 0 Å². The molecule has 190 valence electrons. The summed E-state index contributed by atoms with van der Waals surface area (Å²) in [5.74, 6) is -1.11. The molecule has 8 nitrogen and oxygen atoms in total. The van der Waals surface area contributed by atoms with Crippen molar-refractivity contribution in [2.24, 2.45) is 0 Å². The second kappa shape index (κ2) is 12.2. The van der Waals surface area contributed by atoms with E-state index in [1.807, 2.05) is 37.3 Å². The van der Waals surface area contributed by atoms with Gasteiger partial charge in [0.25, 0.3) is 10.0 Å². The maximum Gasteiger partial charge on any atom is 0.308 e. The highest BCUT2D eigenvalue weighted by molar-refractivity contribution is 7.92. The first-order chi connectivity index (χ1) is 17.2. The fourth-order valence-corrected chi connectivity index (χ4v) is 4.99. The van der Waals surface area contributed by atoms with Crippen LogP contribution < -0.4 is 15.8 Å². The van der Waals surface area contributed by atoms with Crippen LogP contribution in [-0.2, 0) is 24.3 Å². The summed E-state index contributed by atoms with van der Waals surface area (Å²) in [6.45, 7) is 3.84. The van der Waals surface area contributed by atoms with Gasteiger partial charge in [0, 0.05) is 11.4 Å². The van der Waals surface area contributed by atoms with Crippen LogP contribution in [0.15, 0.2) is 83.8 Å². The molecule has 0 aliphatic heterocycles. The van der Waals surface area contributed by atoms with E-state index in [0.717, 1.165) is 5.56 Å². The Hall–Kier alpha value is -3.85. The summed E-state index contributed by atoms with van der Waals surface area (Å²) >= 11 is 0. The second-order valence-electron chi connectivity index (χ2n) is 8.25. The Bertz CT molecular complexity index is 1300. The summed E-state index contributed by atoms with van der Waals surface area (Å²) in [5, 5.41) is 2.97. The number of benzene rings is 3. The molecule has 1 amide bonds. The summed E-state index contributed by atoms with van der Waals surface area (Å²) in [5.41, 5.74) is 7.78. The molecule has 0 saturated carbocycles. The minimum atomic E-state index is -3.90. The van der Waals surface area contributed by atoms with Crippen molar-refractivity contribution in [2.45, 2.75) is 43.5 Å². The van der Waals surface area contributed by atoms with E-state index in [1.54, 1.807) is 43.3 Å². The number of nitrogens with two attached hydrogens (primary N) is 1. The molecule has 3 aromatic carbocycles.